The number of nitro groups is 2. The molecule has 0 unspecified atom stereocenters. The summed E-state index contributed by atoms with van der Waals surface area (Å²) in [4.78, 5) is 38.6. The number of nitrogens with zero attached hydrogens (tertiary/aromatic N) is 8. The van der Waals surface area contributed by atoms with Gasteiger partial charge in [0.05, 0.1) is 26.9 Å². The molecule has 2 aromatic heterocycles. The minimum atomic E-state index is -0.532. The summed E-state index contributed by atoms with van der Waals surface area (Å²) < 4.78 is 2.49. The van der Waals surface area contributed by atoms with Gasteiger partial charge in [-0.05, 0) is 24.3 Å². The molecular formula is C23H14N8O5. The first-order chi connectivity index (χ1) is 17.4. The van der Waals surface area contributed by atoms with Crippen LogP contribution in [0.3, 0.4) is 0 Å². The molecule has 0 fully saturated rings. The van der Waals surface area contributed by atoms with Gasteiger partial charge >= 0.3 is 0 Å². The Hall–Kier alpha value is -5.59. The lowest BCUT2D eigenvalue weighted by Gasteiger charge is -2.04. The Kier molecular flexibility index (Phi) is 5.54. The Morgan fingerprint density at radius 1 is 0.778 bits per heavy atom. The average molecular weight is 482 g/mol. The Balaban J connectivity index is 1.66. The van der Waals surface area contributed by atoms with E-state index in [0.29, 0.717) is 22.6 Å². The van der Waals surface area contributed by atoms with Crippen LogP contribution in [0, 0.1) is 20.2 Å². The van der Waals surface area contributed by atoms with Crippen LogP contribution in [-0.2, 0) is 0 Å². The van der Waals surface area contributed by atoms with Crippen LogP contribution >= 0.6 is 0 Å². The van der Waals surface area contributed by atoms with Gasteiger partial charge in [-0.25, -0.2) is 9.38 Å². The molecule has 13 nitrogen and oxygen atoms in total. The summed E-state index contributed by atoms with van der Waals surface area (Å²) >= 11 is 0. The molecule has 176 valence electrons. The minimum Gasteiger partial charge on any atom is -0.269 e. The number of benzene rings is 3. The Bertz CT molecular complexity index is 1690. The van der Waals surface area contributed by atoms with Gasteiger partial charge in [0.1, 0.15) is 0 Å². The lowest BCUT2D eigenvalue weighted by atomic mass is 10.1. The fraction of sp³-hybridized carbons (Fsp3) is 0. The topological polar surface area (TPSA) is 163 Å². The third-order valence-corrected chi connectivity index (χ3v) is 5.17. The maximum atomic E-state index is 13.1. The molecule has 0 bridgehead atoms. The van der Waals surface area contributed by atoms with Gasteiger partial charge in [0, 0.05) is 35.9 Å². The second-order valence-corrected chi connectivity index (χ2v) is 7.44. The summed E-state index contributed by atoms with van der Waals surface area (Å²) in [6, 6.07) is 21.4. The van der Waals surface area contributed by atoms with Crippen LogP contribution in [0.25, 0.3) is 22.7 Å². The number of hydrogen-bond donors (Lipinski definition) is 0. The van der Waals surface area contributed by atoms with Crippen LogP contribution in [0.15, 0.2) is 100.0 Å². The van der Waals surface area contributed by atoms with E-state index in [-0.39, 0.29) is 23.1 Å². The van der Waals surface area contributed by atoms with Crippen molar-refractivity contribution in [2.75, 3.05) is 0 Å². The summed E-state index contributed by atoms with van der Waals surface area (Å²) in [6.07, 6.45) is 0. The maximum absolute atomic E-state index is 13.1. The highest BCUT2D eigenvalue weighted by Crippen LogP contribution is 2.24. The van der Waals surface area contributed by atoms with E-state index in [0.717, 1.165) is 4.40 Å². The van der Waals surface area contributed by atoms with Crippen LogP contribution in [-0.4, -0.2) is 29.0 Å². The van der Waals surface area contributed by atoms with Gasteiger partial charge in [0.15, 0.2) is 0 Å². The highest BCUT2D eigenvalue weighted by molar-refractivity contribution is 5.62. The lowest BCUT2D eigenvalue weighted by Crippen LogP contribution is -2.14. The van der Waals surface area contributed by atoms with Crippen molar-refractivity contribution in [2.24, 2.45) is 10.2 Å². The average Bonchev–Trinajstić information content (AvgIpc) is 3.27. The predicted molar refractivity (Wildman–Crippen MR) is 128 cm³/mol. The highest BCUT2D eigenvalue weighted by atomic mass is 16.6. The molecule has 0 aliphatic heterocycles. The molecule has 0 saturated carbocycles. The van der Waals surface area contributed by atoms with Crippen molar-refractivity contribution >= 4 is 28.8 Å². The molecule has 5 aromatic rings. The first-order valence-electron chi connectivity index (χ1n) is 10.4. The predicted octanol–water partition coefficient (Wildman–Crippen LogP) is 4.78. The molecule has 3 aromatic carbocycles. The van der Waals surface area contributed by atoms with Crippen LogP contribution in [0.4, 0.5) is 23.0 Å². The number of rotatable bonds is 6. The third-order valence-electron chi connectivity index (χ3n) is 5.17. The van der Waals surface area contributed by atoms with Crippen molar-refractivity contribution in [3.05, 3.63) is 116 Å². The van der Waals surface area contributed by atoms with Crippen LogP contribution in [0.5, 0.6) is 0 Å². The van der Waals surface area contributed by atoms with E-state index in [9.17, 15) is 25.0 Å². The summed E-state index contributed by atoms with van der Waals surface area (Å²) in [6.45, 7) is 0. The van der Waals surface area contributed by atoms with E-state index in [1.165, 1.54) is 59.3 Å². The Labute approximate surface area is 200 Å². The van der Waals surface area contributed by atoms with E-state index in [1.807, 2.05) is 18.2 Å². The van der Waals surface area contributed by atoms with Gasteiger partial charge in [-0.2, -0.15) is 4.68 Å². The molecule has 36 heavy (non-hydrogen) atoms. The maximum Gasteiger partial charge on any atom is 0.276 e. The van der Waals surface area contributed by atoms with Crippen LogP contribution in [0.1, 0.15) is 0 Å². The van der Waals surface area contributed by atoms with Crippen molar-refractivity contribution < 1.29 is 9.85 Å². The number of azo groups is 1. The molecule has 0 atom stereocenters. The molecule has 13 heteroatoms. The van der Waals surface area contributed by atoms with Gasteiger partial charge in [-0.3, -0.25) is 25.0 Å². The van der Waals surface area contributed by atoms with Crippen molar-refractivity contribution in [1.82, 2.24) is 19.2 Å². The van der Waals surface area contributed by atoms with Crippen LogP contribution in [0.2, 0.25) is 0 Å². The zero-order valence-corrected chi connectivity index (χ0v) is 18.2. The molecule has 0 amide bonds. The SMILES string of the molecule is O=c1cc(-c2ccccc2)nc2n(-c3ccc([N+](=O)[O-])cc3)nc(N=Nc3ccc([N+](=O)[O-])cc3)n12. The van der Waals surface area contributed by atoms with Crippen LogP contribution < -0.4 is 5.56 Å². The second-order valence-electron chi connectivity index (χ2n) is 7.44. The molecule has 0 aliphatic rings. The number of aromatic nitrogens is 4. The van der Waals surface area contributed by atoms with Gasteiger partial charge < -0.3 is 0 Å². The molecule has 2 heterocycles. The Morgan fingerprint density at radius 2 is 1.39 bits per heavy atom. The zero-order chi connectivity index (χ0) is 25.2. The standard InChI is InChI=1S/C23H14N8O5/c32-21-14-20(15-4-2-1-3-5-15)24-23-28(21)22(26-25-16-6-8-18(9-7-16)30(33)34)27-29(23)17-10-12-19(13-11-17)31(35)36/h1-14H. The van der Waals surface area contributed by atoms with Crippen molar-refractivity contribution in [1.29, 1.82) is 0 Å². The molecular weight excluding hydrogens is 468 g/mol. The van der Waals surface area contributed by atoms with Crippen molar-refractivity contribution in [3.63, 3.8) is 0 Å². The smallest absolute Gasteiger partial charge is 0.269 e. The number of nitro benzene ring substituents is 2. The summed E-state index contributed by atoms with van der Waals surface area (Å²) in [5.41, 5.74) is 1.15. The molecule has 5 rings (SSSR count). The van der Waals surface area contributed by atoms with Gasteiger partial charge in [-0.15, -0.1) is 15.3 Å². The first kappa shape index (κ1) is 22.2. The summed E-state index contributed by atoms with van der Waals surface area (Å²) in [5.74, 6) is 0.0201. The molecule has 0 spiro atoms. The number of non-ortho nitro benzene ring substituents is 2. The fourth-order valence-corrected chi connectivity index (χ4v) is 3.43. The molecule has 0 saturated heterocycles. The molecule has 0 aliphatic carbocycles. The van der Waals surface area contributed by atoms with Crippen molar-refractivity contribution in [3.8, 4) is 16.9 Å². The lowest BCUT2D eigenvalue weighted by molar-refractivity contribution is -0.385. The first-order valence-corrected chi connectivity index (χ1v) is 10.4. The summed E-state index contributed by atoms with van der Waals surface area (Å²) in [5, 5.41) is 34.4. The Morgan fingerprint density at radius 3 is 2.00 bits per heavy atom. The van der Waals surface area contributed by atoms with E-state index >= 15 is 0 Å². The zero-order valence-electron chi connectivity index (χ0n) is 18.2. The van der Waals surface area contributed by atoms with E-state index < -0.39 is 15.4 Å². The van der Waals surface area contributed by atoms with Gasteiger partial charge in [0.2, 0.25) is 5.78 Å². The quantitative estimate of drug-likeness (QED) is 0.191. The molecule has 0 radical (unpaired) electrons. The van der Waals surface area contributed by atoms with Crippen molar-refractivity contribution in [2.45, 2.75) is 0 Å². The van der Waals surface area contributed by atoms with Gasteiger partial charge in [-0.1, -0.05) is 30.3 Å². The minimum absolute atomic E-state index is 0.0983. The number of hydrogen-bond acceptors (Lipinski definition) is 9. The van der Waals surface area contributed by atoms with Gasteiger partial charge in [0.25, 0.3) is 22.9 Å². The normalized spacial score (nSPS) is 11.2. The van der Waals surface area contributed by atoms with E-state index in [4.69, 9.17) is 0 Å². The largest absolute Gasteiger partial charge is 0.276 e. The second kappa shape index (κ2) is 8.98. The highest BCUT2D eigenvalue weighted by Gasteiger charge is 2.18. The van der Waals surface area contributed by atoms with E-state index in [1.54, 1.807) is 12.1 Å². The molecule has 0 N–H and O–H groups in total. The number of fused-ring (bicyclic) bond motifs is 1. The third kappa shape index (κ3) is 4.19. The van der Waals surface area contributed by atoms with E-state index in [2.05, 4.69) is 20.3 Å². The fourth-order valence-electron chi connectivity index (χ4n) is 3.43. The summed E-state index contributed by atoms with van der Waals surface area (Å²) in [7, 11) is 0. The monoisotopic (exact) mass is 482 g/mol.